The summed E-state index contributed by atoms with van der Waals surface area (Å²) in [4.78, 5) is 12.5. The maximum atomic E-state index is 12.1. The Hall–Kier alpha value is -0.780. The van der Waals surface area contributed by atoms with Crippen LogP contribution in [0.1, 0.15) is 19.8 Å². The first-order valence-corrected chi connectivity index (χ1v) is 4.80. The Kier molecular flexibility index (Phi) is 3.59. The molecule has 3 nitrogen and oxygen atoms in total. The van der Waals surface area contributed by atoms with Crippen molar-refractivity contribution in [3.05, 3.63) is 0 Å². The van der Waals surface area contributed by atoms with E-state index in [0.29, 0.717) is 0 Å². The first kappa shape index (κ1) is 12.3. The largest absolute Gasteiger partial charge is 0.396 e. The Morgan fingerprint density at radius 1 is 1.60 bits per heavy atom. The number of halogens is 3. The number of alkyl halides is 3. The minimum atomic E-state index is -4.25. The van der Waals surface area contributed by atoms with Gasteiger partial charge in [-0.2, -0.15) is 13.2 Å². The van der Waals surface area contributed by atoms with Gasteiger partial charge in [0.25, 0.3) is 0 Å². The van der Waals surface area contributed by atoms with Crippen molar-refractivity contribution in [2.24, 2.45) is 5.92 Å². The Balaban J connectivity index is 2.53. The van der Waals surface area contributed by atoms with E-state index in [1.54, 1.807) is 0 Å². The van der Waals surface area contributed by atoms with E-state index in [4.69, 9.17) is 5.11 Å². The lowest BCUT2D eigenvalue weighted by atomic mass is 10.1. The molecule has 88 valence electrons. The van der Waals surface area contributed by atoms with Gasteiger partial charge >= 0.3 is 6.18 Å². The van der Waals surface area contributed by atoms with E-state index in [2.05, 4.69) is 0 Å². The highest BCUT2D eigenvalue weighted by Gasteiger charge is 2.38. The van der Waals surface area contributed by atoms with E-state index in [1.165, 1.54) is 11.8 Å². The van der Waals surface area contributed by atoms with Gasteiger partial charge in [-0.15, -0.1) is 0 Å². The van der Waals surface area contributed by atoms with Crippen LogP contribution in [0.2, 0.25) is 0 Å². The first-order valence-electron chi connectivity index (χ1n) is 4.80. The molecule has 1 rings (SSSR count). The normalized spacial score (nSPS) is 24.7. The molecule has 1 saturated heterocycles. The third-order valence-corrected chi connectivity index (χ3v) is 2.56. The monoisotopic (exact) mass is 225 g/mol. The van der Waals surface area contributed by atoms with Crippen LogP contribution in [-0.2, 0) is 4.79 Å². The lowest BCUT2D eigenvalue weighted by Crippen LogP contribution is -2.37. The van der Waals surface area contributed by atoms with Gasteiger partial charge in [-0.1, -0.05) is 0 Å². The number of carbonyl (C=O) groups excluding carboxylic acids is 1. The molecule has 2 atom stereocenters. The van der Waals surface area contributed by atoms with E-state index in [-0.39, 0.29) is 31.4 Å². The summed E-state index contributed by atoms with van der Waals surface area (Å²) in [6, 6.07) is -0.839. The minimum Gasteiger partial charge on any atom is -0.396 e. The molecule has 0 aromatic heterocycles. The van der Waals surface area contributed by atoms with Crippen molar-refractivity contribution in [1.29, 1.82) is 0 Å². The second-order valence-electron chi connectivity index (χ2n) is 3.97. The predicted octanol–water partition coefficient (Wildman–Crippen LogP) is 1.17. The fourth-order valence-corrected chi connectivity index (χ4v) is 1.80. The molecule has 0 aromatic rings. The number of aliphatic hydroxyl groups is 1. The average Bonchev–Trinajstić information content (AvgIpc) is 2.43. The van der Waals surface area contributed by atoms with Crippen molar-refractivity contribution < 1.29 is 23.1 Å². The number of carbonyl (C=O) groups is 1. The number of hydrogen-bond acceptors (Lipinski definition) is 2. The van der Waals surface area contributed by atoms with Crippen LogP contribution >= 0.6 is 0 Å². The summed E-state index contributed by atoms with van der Waals surface area (Å²) < 4.78 is 36.2. The molecule has 1 aliphatic rings. The molecule has 15 heavy (non-hydrogen) atoms. The Morgan fingerprint density at radius 2 is 2.20 bits per heavy atom. The molecule has 1 fully saturated rings. The van der Waals surface area contributed by atoms with Crippen LogP contribution in [-0.4, -0.2) is 41.3 Å². The minimum absolute atomic E-state index is 0.151. The maximum absolute atomic E-state index is 12.1. The van der Waals surface area contributed by atoms with Crippen molar-refractivity contribution in [1.82, 2.24) is 4.90 Å². The van der Waals surface area contributed by atoms with Crippen LogP contribution in [0, 0.1) is 5.92 Å². The molecule has 1 heterocycles. The average molecular weight is 225 g/mol. The smallest absolute Gasteiger partial charge is 0.391 e. The zero-order valence-electron chi connectivity index (χ0n) is 8.42. The molecule has 1 amide bonds. The van der Waals surface area contributed by atoms with E-state index in [9.17, 15) is 18.0 Å². The summed E-state index contributed by atoms with van der Waals surface area (Å²) in [5.41, 5.74) is 0. The van der Waals surface area contributed by atoms with E-state index >= 15 is 0 Å². The number of hydrogen-bond donors (Lipinski definition) is 1. The van der Waals surface area contributed by atoms with Crippen molar-refractivity contribution in [2.45, 2.75) is 32.0 Å². The van der Waals surface area contributed by atoms with Gasteiger partial charge in [0.1, 0.15) is 0 Å². The summed E-state index contributed by atoms with van der Waals surface area (Å²) in [6.45, 7) is 1.46. The van der Waals surface area contributed by atoms with Crippen molar-refractivity contribution in [2.75, 3.05) is 13.2 Å². The summed E-state index contributed by atoms with van der Waals surface area (Å²) in [5, 5.41) is 8.81. The molecule has 0 bridgehead atoms. The van der Waals surface area contributed by atoms with Gasteiger partial charge in [-0.05, 0) is 6.92 Å². The lowest BCUT2D eigenvalue weighted by molar-refractivity contribution is -0.151. The maximum Gasteiger partial charge on any atom is 0.391 e. The van der Waals surface area contributed by atoms with Gasteiger partial charge in [-0.25, -0.2) is 0 Å². The molecular formula is C9H14F3NO2. The van der Waals surface area contributed by atoms with Crippen LogP contribution in [0.3, 0.4) is 0 Å². The second kappa shape index (κ2) is 4.38. The van der Waals surface area contributed by atoms with Crippen molar-refractivity contribution in [3.63, 3.8) is 0 Å². The Bertz CT molecular complexity index is 242. The second-order valence-corrected chi connectivity index (χ2v) is 3.97. The van der Waals surface area contributed by atoms with Crippen LogP contribution in [0.4, 0.5) is 13.2 Å². The van der Waals surface area contributed by atoms with E-state index in [0.717, 1.165) is 0 Å². The fourth-order valence-electron chi connectivity index (χ4n) is 1.80. The Morgan fingerprint density at radius 3 is 2.60 bits per heavy atom. The topological polar surface area (TPSA) is 40.5 Å². The number of likely N-dealkylation sites (tertiary alicyclic amines) is 1. The van der Waals surface area contributed by atoms with Crippen LogP contribution in [0.5, 0.6) is 0 Å². The SMILES string of the molecule is CC(CC(F)(F)F)N1CC(CO)CC1=O. The molecule has 2 unspecified atom stereocenters. The molecule has 6 heteroatoms. The van der Waals surface area contributed by atoms with Gasteiger partial charge in [0.05, 0.1) is 6.42 Å². The molecule has 0 aliphatic carbocycles. The zero-order valence-corrected chi connectivity index (χ0v) is 8.42. The summed E-state index contributed by atoms with van der Waals surface area (Å²) in [5.74, 6) is -0.515. The first-order chi connectivity index (χ1) is 6.83. The van der Waals surface area contributed by atoms with Gasteiger partial charge < -0.3 is 10.0 Å². The molecular weight excluding hydrogens is 211 g/mol. The lowest BCUT2D eigenvalue weighted by Gasteiger charge is -2.25. The molecule has 0 radical (unpaired) electrons. The van der Waals surface area contributed by atoms with E-state index < -0.39 is 18.6 Å². The highest BCUT2D eigenvalue weighted by atomic mass is 19.4. The molecule has 0 aromatic carbocycles. The molecule has 1 aliphatic heterocycles. The van der Waals surface area contributed by atoms with Gasteiger partial charge in [0.2, 0.25) is 5.91 Å². The van der Waals surface area contributed by atoms with Gasteiger partial charge in [0.15, 0.2) is 0 Å². The van der Waals surface area contributed by atoms with Gasteiger partial charge in [0, 0.05) is 31.5 Å². The quantitative estimate of drug-likeness (QED) is 0.783. The van der Waals surface area contributed by atoms with Crippen LogP contribution in [0.15, 0.2) is 0 Å². The van der Waals surface area contributed by atoms with Crippen molar-refractivity contribution >= 4 is 5.91 Å². The third-order valence-electron chi connectivity index (χ3n) is 2.56. The standard InChI is InChI=1S/C9H14F3NO2/c1-6(3-9(10,11)12)13-4-7(5-14)2-8(13)15/h6-7,14H,2-5H2,1H3. The predicted molar refractivity (Wildman–Crippen MR) is 47.0 cm³/mol. The zero-order chi connectivity index (χ0) is 11.6. The molecule has 0 saturated carbocycles. The number of nitrogens with zero attached hydrogens (tertiary/aromatic N) is 1. The highest BCUT2D eigenvalue weighted by Crippen LogP contribution is 2.27. The highest BCUT2D eigenvalue weighted by molar-refractivity contribution is 5.78. The molecule has 0 spiro atoms. The molecule has 1 N–H and O–H groups in total. The number of aliphatic hydroxyl groups excluding tert-OH is 1. The summed E-state index contributed by atoms with van der Waals surface area (Å²) >= 11 is 0. The Labute approximate surface area is 85.9 Å². The van der Waals surface area contributed by atoms with Gasteiger partial charge in [-0.3, -0.25) is 4.79 Å². The summed E-state index contributed by atoms with van der Waals surface area (Å²) in [7, 11) is 0. The van der Waals surface area contributed by atoms with Crippen LogP contribution < -0.4 is 0 Å². The summed E-state index contributed by atoms with van der Waals surface area (Å²) in [6.07, 6.45) is -5.09. The van der Waals surface area contributed by atoms with E-state index in [1.807, 2.05) is 0 Å². The third kappa shape index (κ3) is 3.37. The number of amides is 1. The fraction of sp³-hybridized carbons (Fsp3) is 0.889. The van der Waals surface area contributed by atoms with Crippen molar-refractivity contribution in [3.8, 4) is 0 Å². The van der Waals surface area contributed by atoms with Crippen LogP contribution in [0.25, 0.3) is 0 Å². The number of rotatable bonds is 3.